The van der Waals surface area contributed by atoms with Crippen LogP contribution in [0.1, 0.15) is 32.3 Å². The number of nitrogens with zero attached hydrogens (tertiary/aromatic N) is 3. The van der Waals surface area contributed by atoms with Crippen LogP contribution in [0, 0.1) is 11.8 Å². The Morgan fingerprint density at radius 2 is 1.91 bits per heavy atom. The fourth-order valence-electron chi connectivity index (χ4n) is 4.84. The fraction of sp³-hybridized carbons (Fsp3) is 0.526. The highest BCUT2D eigenvalue weighted by Crippen LogP contribution is 2.48. The molecule has 2 unspecified atom stereocenters. The van der Waals surface area contributed by atoms with E-state index < -0.39 is 0 Å². The number of rotatable bonds is 0. The van der Waals surface area contributed by atoms with Crippen molar-refractivity contribution >= 4 is 5.69 Å². The van der Waals surface area contributed by atoms with Gasteiger partial charge in [0, 0.05) is 50.1 Å². The van der Waals surface area contributed by atoms with Crippen molar-refractivity contribution in [3.8, 4) is 0 Å². The Bertz CT molecular complexity index is 686. The standard InChI is InChI=1S/C19H25N3/c1-12-15-6-5-9-21(3)18(15)13(2)19-16(12)10-14-7-8-20-11-17(14)22(19)4/h7-8,11-13H,5-6,9-10H2,1-4H3. The lowest BCUT2D eigenvalue weighted by molar-refractivity contribution is 0.322. The first-order chi connectivity index (χ1) is 10.6. The number of hydrogen-bond acceptors (Lipinski definition) is 3. The Balaban J connectivity index is 1.84. The molecule has 22 heavy (non-hydrogen) atoms. The maximum Gasteiger partial charge on any atom is 0.0628 e. The van der Waals surface area contributed by atoms with E-state index in [1.54, 1.807) is 16.8 Å². The maximum atomic E-state index is 4.34. The van der Waals surface area contributed by atoms with Crippen LogP contribution in [0.4, 0.5) is 5.69 Å². The normalized spacial score (nSPS) is 27.6. The third kappa shape index (κ3) is 1.77. The molecule has 3 heterocycles. The fourth-order valence-corrected chi connectivity index (χ4v) is 4.84. The number of anilines is 1. The molecule has 0 aromatic carbocycles. The Hall–Kier alpha value is -1.77. The van der Waals surface area contributed by atoms with E-state index in [-0.39, 0.29) is 0 Å². The van der Waals surface area contributed by atoms with Crippen LogP contribution in [0.25, 0.3) is 0 Å². The molecule has 0 radical (unpaired) electrons. The Kier molecular flexibility index (Phi) is 3.07. The molecule has 0 saturated heterocycles. The van der Waals surface area contributed by atoms with Gasteiger partial charge in [-0.05, 0) is 42.0 Å². The van der Waals surface area contributed by atoms with Crippen molar-refractivity contribution in [3.63, 3.8) is 0 Å². The highest BCUT2D eigenvalue weighted by molar-refractivity contribution is 5.64. The van der Waals surface area contributed by atoms with E-state index in [9.17, 15) is 0 Å². The first-order valence-electron chi connectivity index (χ1n) is 8.43. The van der Waals surface area contributed by atoms with Crippen LogP contribution in [0.3, 0.4) is 0 Å². The molecule has 0 amide bonds. The summed E-state index contributed by atoms with van der Waals surface area (Å²) in [7, 11) is 4.48. The summed E-state index contributed by atoms with van der Waals surface area (Å²) in [6, 6.07) is 2.18. The van der Waals surface area contributed by atoms with Crippen LogP contribution in [-0.4, -0.2) is 30.5 Å². The second-order valence-electron chi connectivity index (χ2n) is 7.03. The minimum atomic E-state index is 0.491. The predicted molar refractivity (Wildman–Crippen MR) is 90.6 cm³/mol. The van der Waals surface area contributed by atoms with Crippen molar-refractivity contribution in [3.05, 3.63) is 46.6 Å². The number of pyridine rings is 1. The highest BCUT2D eigenvalue weighted by atomic mass is 15.2. The van der Waals surface area contributed by atoms with Crippen molar-refractivity contribution in [1.29, 1.82) is 0 Å². The Labute approximate surface area is 133 Å². The molecule has 4 rings (SSSR count). The van der Waals surface area contributed by atoms with Gasteiger partial charge < -0.3 is 9.80 Å². The molecule has 0 bridgehead atoms. The lowest BCUT2D eigenvalue weighted by Crippen LogP contribution is -2.40. The Morgan fingerprint density at radius 3 is 2.73 bits per heavy atom. The molecule has 2 aliphatic heterocycles. The molecule has 116 valence electrons. The van der Waals surface area contributed by atoms with Gasteiger partial charge in [-0.2, -0.15) is 0 Å². The van der Waals surface area contributed by atoms with Gasteiger partial charge in [-0.3, -0.25) is 4.98 Å². The summed E-state index contributed by atoms with van der Waals surface area (Å²) in [4.78, 5) is 9.23. The predicted octanol–water partition coefficient (Wildman–Crippen LogP) is 3.59. The third-order valence-corrected chi connectivity index (χ3v) is 5.87. The van der Waals surface area contributed by atoms with Gasteiger partial charge in [-0.15, -0.1) is 0 Å². The molecule has 1 aliphatic carbocycles. The van der Waals surface area contributed by atoms with Crippen LogP contribution in [0.15, 0.2) is 41.0 Å². The summed E-state index contributed by atoms with van der Waals surface area (Å²) >= 11 is 0. The molecule has 2 atom stereocenters. The zero-order chi connectivity index (χ0) is 15.4. The second-order valence-corrected chi connectivity index (χ2v) is 7.03. The van der Waals surface area contributed by atoms with E-state index in [0.717, 1.165) is 6.42 Å². The molecule has 1 aromatic rings. The second kappa shape index (κ2) is 4.87. The van der Waals surface area contributed by atoms with Crippen molar-refractivity contribution in [1.82, 2.24) is 9.88 Å². The molecule has 1 aromatic heterocycles. The van der Waals surface area contributed by atoms with Crippen molar-refractivity contribution in [2.24, 2.45) is 11.8 Å². The van der Waals surface area contributed by atoms with Gasteiger partial charge in [-0.1, -0.05) is 13.8 Å². The first kappa shape index (κ1) is 13.9. The molecule has 0 N–H and O–H groups in total. The smallest absolute Gasteiger partial charge is 0.0628 e. The van der Waals surface area contributed by atoms with E-state index in [1.807, 2.05) is 12.4 Å². The molecule has 0 spiro atoms. The lowest BCUT2D eigenvalue weighted by Gasteiger charge is -2.47. The first-order valence-corrected chi connectivity index (χ1v) is 8.43. The van der Waals surface area contributed by atoms with Gasteiger partial charge in [0.1, 0.15) is 0 Å². The summed E-state index contributed by atoms with van der Waals surface area (Å²) in [6.07, 6.45) is 7.60. The zero-order valence-corrected chi connectivity index (χ0v) is 14.1. The van der Waals surface area contributed by atoms with Gasteiger partial charge in [0.25, 0.3) is 0 Å². The minimum absolute atomic E-state index is 0.491. The van der Waals surface area contributed by atoms with Gasteiger partial charge in [0.2, 0.25) is 0 Å². The van der Waals surface area contributed by atoms with E-state index in [1.165, 1.54) is 36.3 Å². The third-order valence-electron chi connectivity index (χ3n) is 5.87. The summed E-state index contributed by atoms with van der Waals surface area (Å²) < 4.78 is 0. The van der Waals surface area contributed by atoms with Gasteiger partial charge in [-0.25, -0.2) is 0 Å². The van der Waals surface area contributed by atoms with E-state index in [2.05, 4.69) is 48.8 Å². The monoisotopic (exact) mass is 295 g/mol. The number of fused-ring (bicyclic) bond motifs is 1. The van der Waals surface area contributed by atoms with E-state index in [0.29, 0.717) is 11.8 Å². The van der Waals surface area contributed by atoms with Crippen molar-refractivity contribution in [2.45, 2.75) is 33.1 Å². The number of aromatic nitrogens is 1. The van der Waals surface area contributed by atoms with Crippen LogP contribution in [0.2, 0.25) is 0 Å². The van der Waals surface area contributed by atoms with Crippen LogP contribution in [-0.2, 0) is 6.42 Å². The molecular weight excluding hydrogens is 270 g/mol. The largest absolute Gasteiger partial charge is 0.377 e. The van der Waals surface area contributed by atoms with Crippen LogP contribution < -0.4 is 4.90 Å². The van der Waals surface area contributed by atoms with E-state index >= 15 is 0 Å². The molecule has 0 saturated carbocycles. The van der Waals surface area contributed by atoms with Crippen LogP contribution >= 0.6 is 0 Å². The number of allylic oxidation sites excluding steroid dienone is 2. The van der Waals surface area contributed by atoms with E-state index in [4.69, 9.17) is 0 Å². The quantitative estimate of drug-likeness (QED) is 0.729. The summed E-state index contributed by atoms with van der Waals surface area (Å²) in [5, 5.41) is 0. The van der Waals surface area contributed by atoms with Crippen LogP contribution in [0.5, 0.6) is 0 Å². The van der Waals surface area contributed by atoms with Crippen molar-refractivity contribution < 1.29 is 0 Å². The van der Waals surface area contributed by atoms with Gasteiger partial charge in [0.05, 0.1) is 11.9 Å². The average molecular weight is 295 g/mol. The minimum Gasteiger partial charge on any atom is -0.377 e. The van der Waals surface area contributed by atoms with Gasteiger partial charge in [0.15, 0.2) is 0 Å². The number of hydrogen-bond donors (Lipinski definition) is 0. The zero-order valence-electron chi connectivity index (χ0n) is 14.1. The Morgan fingerprint density at radius 1 is 1.09 bits per heavy atom. The van der Waals surface area contributed by atoms with Crippen molar-refractivity contribution in [2.75, 3.05) is 25.5 Å². The lowest BCUT2D eigenvalue weighted by atomic mass is 9.72. The maximum absolute atomic E-state index is 4.34. The molecule has 3 nitrogen and oxygen atoms in total. The summed E-state index contributed by atoms with van der Waals surface area (Å²) in [5.74, 6) is 1.07. The average Bonchev–Trinajstić information content (AvgIpc) is 2.52. The van der Waals surface area contributed by atoms with Gasteiger partial charge >= 0.3 is 0 Å². The molecule has 3 aliphatic rings. The highest BCUT2D eigenvalue weighted by Gasteiger charge is 2.39. The molecule has 3 heteroatoms. The molecule has 0 fully saturated rings. The topological polar surface area (TPSA) is 19.4 Å². The summed E-state index contributed by atoms with van der Waals surface area (Å²) in [6.45, 7) is 5.99. The summed E-state index contributed by atoms with van der Waals surface area (Å²) in [5.41, 5.74) is 9.11. The SMILES string of the molecule is CC1C2=C(C(C)C3=C1Cc1ccncc1N3C)N(C)CCC2. The molecular formula is C19H25N3.